The van der Waals surface area contributed by atoms with Gasteiger partial charge in [-0.25, -0.2) is 4.99 Å². The third-order valence-corrected chi connectivity index (χ3v) is 3.84. The number of para-hydroxylation sites is 1. The number of methoxy groups -OCH3 is 1. The van der Waals surface area contributed by atoms with Gasteiger partial charge in [-0.15, -0.1) is 24.0 Å². The SMILES string of the molecule is COc1ccc(CCNC(N)=NCc2ccccc2OCC(C)C)cc1.I. The van der Waals surface area contributed by atoms with Crippen molar-refractivity contribution in [2.45, 2.75) is 26.8 Å². The summed E-state index contributed by atoms with van der Waals surface area (Å²) in [6.07, 6.45) is 0.869. The number of halogens is 1. The van der Waals surface area contributed by atoms with Crippen LogP contribution in [0.3, 0.4) is 0 Å². The van der Waals surface area contributed by atoms with Gasteiger partial charge < -0.3 is 20.5 Å². The van der Waals surface area contributed by atoms with Crippen molar-refractivity contribution in [3.05, 3.63) is 59.7 Å². The van der Waals surface area contributed by atoms with Gasteiger partial charge >= 0.3 is 0 Å². The quantitative estimate of drug-likeness (QED) is 0.322. The number of ether oxygens (including phenoxy) is 2. The molecule has 5 nitrogen and oxygen atoms in total. The molecule has 0 aliphatic carbocycles. The van der Waals surface area contributed by atoms with Crippen LogP contribution in [0, 0.1) is 5.92 Å². The van der Waals surface area contributed by atoms with Crippen molar-refractivity contribution in [1.29, 1.82) is 0 Å². The third kappa shape index (κ3) is 8.51. The van der Waals surface area contributed by atoms with Crippen LogP contribution in [0.2, 0.25) is 0 Å². The number of nitrogens with zero attached hydrogens (tertiary/aromatic N) is 1. The molecule has 2 aromatic rings. The molecule has 27 heavy (non-hydrogen) atoms. The number of nitrogens with one attached hydrogen (secondary N) is 1. The van der Waals surface area contributed by atoms with Crippen molar-refractivity contribution < 1.29 is 9.47 Å². The van der Waals surface area contributed by atoms with E-state index in [9.17, 15) is 0 Å². The van der Waals surface area contributed by atoms with E-state index in [-0.39, 0.29) is 24.0 Å². The number of nitrogens with two attached hydrogens (primary N) is 1. The zero-order chi connectivity index (χ0) is 18.8. The van der Waals surface area contributed by atoms with Crippen LogP contribution in [-0.2, 0) is 13.0 Å². The first kappa shape index (κ1) is 23.1. The fourth-order valence-electron chi connectivity index (χ4n) is 2.39. The van der Waals surface area contributed by atoms with E-state index < -0.39 is 0 Å². The first-order chi connectivity index (χ1) is 12.6. The van der Waals surface area contributed by atoms with Gasteiger partial charge in [0.15, 0.2) is 5.96 Å². The minimum atomic E-state index is 0. The summed E-state index contributed by atoms with van der Waals surface area (Å²) in [5.41, 5.74) is 8.24. The van der Waals surface area contributed by atoms with Crippen molar-refractivity contribution in [3.8, 4) is 11.5 Å². The van der Waals surface area contributed by atoms with Crippen molar-refractivity contribution in [1.82, 2.24) is 5.32 Å². The Morgan fingerprint density at radius 3 is 2.48 bits per heavy atom. The highest BCUT2D eigenvalue weighted by atomic mass is 127. The summed E-state index contributed by atoms with van der Waals surface area (Å²) in [5.74, 6) is 2.66. The molecule has 0 saturated carbocycles. The molecule has 0 spiro atoms. The Hall–Kier alpha value is -1.96. The Morgan fingerprint density at radius 1 is 1.11 bits per heavy atom. The number of guanidine groups is 1. The Labute approximate surface area is 179 Å². The van der Waals surface area contributed by atoms with Gasteiger partial charge in [0.1, 0.15) is 11.5 Å². The summed E-state index contributed by atoms with van der Waals surface area (Å²) in [6, 6.07) is 16.0. The summed E-state index contributed by atoms with van der Waals surface area (Å²) in [5, 5.41) is 3.16. The van der Waals surface area contributed by atoms with E-state index in [0.29, 0.717) is 25.0 Å². The Morgan fingerprint density at radius 2 is 1.81 bits per heavy atom. The van der Waals surface area contributed by atoms with Gasteiger partial charge in [0.2, 0.25) is 0 Å². The summed E-state index contributed by atoms with van der Waals surface area (Å²) in [6.45, 7) is 6.18. The smallest absolute Gasteiger partial charge is 0.188 e. The lowest BCUT2D eigenvalue weighted by atomic mass is 10.1. The van der Waals surface area contributed by atoms with Crippen molar-refractivity contribution in [2.75, 3.05) is 20.3 Å². The predicted molar refractivity (Wildman–Crippen MR) is 122 cm³/mol. The fourth-order valence-corrected chi connectivity index (χ4v) is 2.39. The molecule has 0 saturated heterocycles. The van der Waals surface area contributed by atoms with Crippen molar-refractivity contribution in [2.24, 2.45) is 16.6 Å². The van der Waals surface area contributed by atoms with Crippen LogP contribution in [0.4, 0.5) is 0 Å². The second kappa shape index (κ2) is 12.4. The van der Waals surface area contributed by atoms with Crippen LogP contribution in [0.5, 0.6) is 11.5 Å². The van der Waals surface area contributed by atoms with Crippen LogP contribution in [-0.4, -0.2) is 26.2 Å². The zero-order valence-corrected chi connectivity index (χ0v) is 18.6. The molecule has 0 fully saturated rings. The highest BCUT2D eigenvalue weighted by molar-refractivity contribution is 14.0. The molecule has 0 amide bonds. The highest BCUT2D eigenvalue weighted by Gasteiger charge is 2.04. The van der Waals surface area contributed by atoms with Gasteiger partial charge in [-0.05, 0) is 36.1 Å². The molecule has 6 heteroatoms. The topological polar surface area (TPSA) is 68.9 Å². The van der Waals surface area contributed by atoms with E-state index in [1.165, 1.54) is 5.56 Å². The Bertz CT molecular complexity index is 703. The van der Waals surface area contributed by atoms with Crippen molar-refractivity contribution >= 4 is 29.9 Å². The van der Waals surface area contributed by atoms with E-state index >= 15 is 0 Å². The average Bonchev–Trinajstić information content (AvgIpc) is 2.66. The first-order valence-corrected chi connectivity index (χ1v) is 8.96. The second-order valence-corrected chi connectivity index (χ2v) is 6.54. The fraction of sp³-hybridized carbons (Fsp3) is 0.381. The summed E-state index contributed by atoms with van der Waals surface area (Å²) >= 11 is 0. The zero-order valence-electron chi connectivity index (χ0n) is 16.3. The molecule has 0 aromatic heterocycles. The molecule has 0 atom stereocenters. The van der Waals surface area contributed by atoms with Crippen LogP contribution >= 0.6 is 24.0 Å². The monoisotopic (exact) mass is 483 g/mol. The largest absolute Gasteiger partial charge is 0.497 e. The molecule has 0 aliphatic rings. The molecule has 0 bridgehead atoms. The van der Waals surface area contributed by atoms with Crippen LogP contribution in [0.25, 0.3) is 0 Å². The van der Waals surface area contributed by atoms with Gasteiger partial charge in [0, 0.05) is 12.1 Å². The molecular formula is C21H30IN3O2. The summed E-state index contributed by atoms with van der Waals surface area (Å²) < 4.78 is 11.0. The number of aliphatic imine (C=N–C) groups is 1. The number of hydrogen-bond donors (Lipinski definition) is 2. The van der Waals surface area contributed by atoms with E-state index in [2.05, 4.69) is 36.3 Å². The van der Waals surface area contributed by atoms with Crippen molar-refractivity contribution in [3.63, 3.8) is 0 Å². The highest BCUT2D eigenvalue weighted by Crippen LogP contribution is 2.19. The lowest BCUT2D eigenvalue weighted by Gasteiger charge is -2.12. The number of benzene rings is 2. The minimum absolute atomic E-state index is 0. The molecular weight excluding hydrogens is 453 g/mol. The average molecular weight is 483 g/mol. The molecule has 2 rings (SSSR count). The van der Waals surface area contributed by atoms with Crippen LogP contribution in [0.15, 0.2) is 53.5 Å². The number of rotatable bonds is 9. The van der Waals surface area contributed by atoms with E-state index in [0.717, 1.165) is 30.0 Å². The van der Waals surface area contributed by atoms with Gasteiger partial charge in [-0.1, -0.05) is 44.2 Å². The van der Waals surface area contributed by atoms with E-state index in [1.54, 1.807) is 7.11 Å². The lowest BCUT2D eigenvalue weighted by molar-refractivity contribution is 0.268. The molecule has 0 heterocycles. The summed E-state index contributed by atoms with van der Waals surface area (Å²) in [4.78, 5) is 4.42. The molecule has 148 valence electrons. The number of hydrogen-bond acceptors (Lipinski definition) is 3. The van der Waals surface area contributed by atoms with Crippen LogP contribution in [0.1, 0.15) is 25.0 Å². The van der Waals surface area contributed by atoms with Gasteiger partial charge in [0.05, 0.1) is 20.3 Å². The second-order valence-electron chi connectivity index (χ2n) is 6.54. The minimum Gasteiger partial charge on any atom is -0.497 e. The molecule has 0 aliphatic heterocycles. The van der Waals surface area contributed by atoms with E-state index in [1.807, 2.05) is 36.4 Å². The Kier molecular flexibility index (Phi) is 10.6. The molecule has 2 aromatic carbocycles. The molecule has 0 unspecified atom stereocenters. The molecule has 3 N–H and O–H groups in total. The standard InChI is InChI=1S/C21H29N3O2.HI/c1-16(2)15-26-20-7-5-4-6-18(20)14-24-21(22)23-13-12-17-8-10-19(25-3)11-9-17;/h4-11,16H,12-15H2,1-3H3,(H3,22,23,24);1H. The van der Waals surface area contributed by atoms with Gasteiger partial charge in [-0.2, -0.15) is 0 Å². The maximum absolute atomic E-state index is 5.98. The lowest BCUT2D eigenvalue weighted by Crippen LogP contribution is -2.33. The molecule has 0 radical (unpaired) electrons. The predicted octanol–water partition coefficient (Wildman–Crippen LogP) is 4.00. The van der Waals surface area contributed by atoms with E-state index in [4.69, 9.17) is 15.2 Å². The normalized spacial score (nSPS) is 11.0. The summed E-state index contributed by atoms with van der Waals surface area (Å²) in [7, 11) is 1.67. The van der Waals surface area contributed by atoms with Gasteiger partial charge in [0.25, 0.3) is 0 Å². The van der Waals surface area contributed by atoms with Crippen LogP contribution < -0.4 is 20.5 Å². The van der Waals surface area contributed by atoms with Gasteiger partial charge in [-0.3, -0.25) is 0 Å². The Balaban J connectivity index is 0.00000364. The maximum atomic E-state index is 5.98. The first-order valence-electron chi connectivity index (χ1n) is 8.96. The third-order valence-electron chi connectivity index (χ3n) is 3.84. The maximum Gasteiger partial charge on any atom is 0.188 e.